The minimum absolute atomic E-state index is 0.274. The number of hydrogen-bond donors (Lipinski definition) is 1. The highest BCUT2D eigenvalue weighted by Crippen LogP contribution is 2.24. The molecular weight excluding hydrogens is 238 g/mol. The van der Waals surface area contributed by atoms with Crippen LogP contribution in [0.4, 0.5) is 0 Å². The topological polar surface area (TPSA) is 32.7 Å². The van der Waals surface area contributed by atoms with Gasteiger partial charge in [0.25, 0.3) is 0 Å². The van der Waals surface area contributed by atoms with Gasteiger partial charge in [0.2, 0.25) is 0 Å². The molecule has 1 aliphatic heterocycles. The number of piperidine rings is 1. The molecule has 1 aromatic rings. The Labute approximate surface area is 115 Å². The molecule has 1 aromatic carbocycles. The largest absolute Gasteiger partial charge is 0.497 e. The Morgan fingerprint density at radius 2 is 2.11 bits per heavy atom. The zero-order valence-corrected chi connectivity index (χ0v) is 11.8. The SMILES string of the molecule is C/C=C1/CN(Cc2ccc(OC)cc2)CCC1CO. The van der Waals surface area contributed by atoms with Crippen molar-refractivity contribution >= 4 is 0 Å². The average molecular weight is 261 g/mol. The number of rotatable bonds is 4. The van der Waals surface area contributed by atoms with Gasteiger partial charge < -0.3 is 9.84 Å². The summed E-state index contributed by atoms with van der Waals surface area (Å²) in [7, 11) is 1.69. The molecule has 0 spiro atoms. The van der Waals surface area contributed by atoms with Crippen LogP contribution in [0.5, 0.6) is 5.75 Å². The lowest BCUT2D eigenvalue weighted by Gasteiger charge is -2.33. The fourth-order valence-corrected chi connectivity index (χ4v) is 2.65. The number of nitrogens with zero attached hydrogens (tertiary/aromatic N) is 1. The Morgan fingerprint density at radius 1 is 1.37 bits per heavy atom. The number of allylic oxidation sites excluding steroid dienone is 1. The van der Waals surface area contributed by atoms with Gasteiger partial charge in [0, 0.05) is 25.6 Å². The standard InChI is InChI=1S/C16H23NO2/c1-3-14-11-17(9-8-15(14)12-18)10-13-4-6-16(19-2)7-5-13/h3-7,15,18H,8-12H2,1-2H3/b14-3-. The third kappa shape index (κ3) is 3.58. The molecule has 19 heavy (non-hydrogen) atoms. The van der Waals surface area contributed by atoms with Gasteiger partial charge in [0.15, 0.2) is 0 Å². The van der Waals surface area contributed by atoms with Gasteiger partial charge in [0.05, 0.1) is 7.11 Å². The summed E-state index contributed by atoms with van der Waals surface area (Å²) in [4.78, 5) is 2.43. The van der Waals surface area contributed by atoms with Crippen LogP contribution in [-0.4, -0.2) is 36.8 Å². The van der Waals surface area contributed by atoms with Gasteiger partial charge in [-0.15, -0.1) is 0 Å². The number of benzene rings is 1. The van der Waals surface area contributed by atoms with E-state index in [2.05, 4.69) is 30.0 Å². The third-order valence-corrected chi connectivity index (χ3v) is 3.88. The molecule has 3 nitrogen and oxygen atoms in total. The highest BCUT2D eigenvalue weighted by Gasteiger charge is 2.22. The Kier molecular flexibility index (Phi) is 5.00. The van der Waals surface area contributed by atoms with Crippen molar-refractivity contribution in [2.24, 2.45) is 5.92 Å². The first kappa shape index (κ1) is 14.1. The van der Waals surface area contributed by atoms with Crippen molar-refractivity contribution in [1.29, 1.82) is 0 Å². The maximum absolute atomic E-state index is 9.35. The Morgan fingerprint density at radius 3 is 2.68 bits per heavy atom. The van der Waals surface area contributed by atoms with E-state index >= 15 is 0 Å². The van der Waals surface area contributed by atoms with E-state index in [4.69, 9.17) is 4.74 Å². The molecule has 0 bridgehead atoms. The summed E-state index contributed by atoms with van der Waals surface area (Å²) in [6.45, 7) is 5.31. The number of likely N-dealkylation sites (tertiary alicyclic amines) is 1. The highest BCUT2D eigenvalue weighted by atomic mass is 16.5. The third-order valence-electron chi connectivity index (χ3n) is 3.88. The van der Waals surface area contributed by atoms with Crippen molar-refractivity contribution in [2.75, 3.05) is 26.8 Å². The molecule has 0 aliphatic carbocycles. The van der Waals surface area contributed by atoms with Gasteiger partial charge in [-0.05, 0) is 37.6 Å². The van der Waals surface area contributed by atoms with Crippen molar-refractivity contribution in [3.63, 3.8) is 0 Å². The van der Waals surface area contributed by atoms with Gasteiger partial charge >= 0.3 is 0 Å². The normalized spacial score (nSPS) is 22.7. The summed E-state index contributed by atoms with van der Waals surface area (Å²) in [5, 5.41) is 9.35. The minimum atomic E-state index is 0.274. The van der Waals surface area contributed by atoms with Crippen LogP contribution in [0.2, 0.25) is 0 Å². The number of aliphatic hydroxyl groups excluding tert-OH is 1. The van der Waals surface area contributed by atoms with E-state index in [1.807, 2.05) is 12.1 Å². The van der Waals surface area contributed by atoms with E-state index < -0.39 is 0 Å². The molecule has 1 atom stereocenters. The van der Waals surface area contributed by atoms with E-state index in [1.165, 1.54) is 11.1 Å². The molecule has 1 saturated heterocycles. The Hall–Kier alpha value is -1.32. The monoisotopic (exact) mass is 261 g/mol. The van der Waals surface area contributed by atoms with Crippen molar-refractivity contribution in [3.8, 4) is 5.75 Å². The number of methoxy groups -OCH3 is 1. The molecule has 0 radical (unpaired) electrons. The summed E-state index contributed by atoms with van der Waals surface area (Å²) >= 11 is 0. The van der Waals surface area contributed by atoms with E-state index in [1.54, 1.807) is 7.11 Å². The zero-order valence-electron chi connectivity index (χ0n) is 11.8. The minimum Gasteiger partial charge on any atom is -0.497 e. The fraction of sp³-hybridized carbons (Fsp3) is 0.500. The molecule has 1 heterocycles. The fourth-order valence-electron chi connectivity index (χ4n) is 2.65. The molecule has 1 unspecified atom stereocenters. The van der Waals surface area contributed by atoms with Crippen LogP contribution >= 0.6 is 0 Å². The van der Waals surface area contributed by atoms with Crippen LogP contribution in [0.15, 0.2) is 35.9 Å². The van der Waals surface area contributed by atoms with Gasteiger partial charge in [-0.25, -0.2) is 0 Å². The van der Waals surface area contributed by atoms with Gasteiger partial charge in [-0.1, -0.05) is 23.8 Å². The highest BCUT2D eigenvalue weighted by molar-refractivity contribution is 5.27. The molecule has 104 valence electrons. The second-order valence-electron chi connectivity index (χ2n) is 5.09. The van der Waals surface area contributed by atoms with Crippen LogP contribution in [0.3, 0.4) is 0 Å². The van der Waals surface area contributed by atoms with Crippen molar-refractivity contribution in [3.05, 3.63) is 41.5 Å². The lowest BCUT2D eigenvalue weighted by Crippen LogP contribution is -2.36. The smallest absolute Gasteiger partial charge is 0.118 e. The van der Waals surface area contributed by atoms with Crippen LogP contribution < -0.4 is 4.74 Å². The van der Waals surface area contributed by atoms with Gasteiger partial charge in [-0.2, -0.15) is 0 Å². The summed E-state index contributed by atoms with van der Waals surface area (Å²) in [6, 6.07) is 8.25. The van der Waals surface area contributed by atoms with Crippen molar-refractivity contribution in [2.45, 2.75) is 19.9 Å². The predicted octanol–water partition coefficient (Wildman–Crippen LogP) is 2.46. The summed E-state index contributed by atoms with van der Waals surface area (Å²) in [6.07, 6.45) is 3.20. The maximum Gasteiger partial charge on any atom is 0.118 e. The van der Waals surface area contributed by atoms with Crippen LogP contribution in [0.1, 0.15) is 18.9 Å². The van der Waals surface area contributed by atoms with Crippen LogP contribution in [0.25, 0.3) is 0 Å². The molecule has 1 N–H and O–H groups in total. The quantitative estimate of drug-likeness (QED) is 0.845. The molecular formula is C16H23NO2. The molecule has 2 rings (SSSR count). The summed E-state index contributed by atoms with van der Waals surface area (Å²) in [5.74, 6) is 1.26. The lowest BCUT2D eigenvalue weighted by molar-refractivity contribution is 0.170. The van der Waals surface area contributed by atoms with Gasteiger partial charge in [-0.3, -0.25) is 4.90 Å². The summed E-state index contributed by atoms with van der Waals surface area (Å²) in [5.41, 5.74) is 2.67. The maximum atomic E-state index is 9.35. The molecule has 3 heteroatoms. The number of aliphatic hydroxyl groups is 1. The predicted molar refractivity (Wildman–Crippen MR) is 77.2 cm³/mol. The van der Waals surface area contributed by atoms with E-state index in [0.29, 0.717) is 5.92 Å². The first-order valence-electron chi connectivity index (χ1n) is 6.88. The molecule has 0 aromatic heterocycles. The molecule has 0 saturated carbocycles. The van der Waals surface area contributed by atoms with Crippen molar-refractivity contribution in [1.82, 2.24) is 4.90 Å². The number of hydrogen-bond acceptors (Lipinski definition) is 3. The first-order chi connectivity index (χ1) is 9.26. The lowest BCUT2D eigenvalue weighted by atomic mass is 9.91. The van der Waals surface area contributed by atoms with Crippen molar-refractivity contribution < 1.29 is 9.84 Å². The molecule has 1 fully saturated rings. The van der Waals surface area contributed by atoms with E-state index in [-0.39, 0.29) is 6.61 Å². The zero-order chi connectivity index (χ0) is 13.7. The molecule has 0 amide bonds. The second kappa shape index (κ2) is 6.73. The first-order valence-corrected chi connectivity index (χ1v) is 6.88. The van der Waals surface area contributed by atoms with Crippen LogP contribution in [0, 0.1) is 5.92 Å². The van der Waals surface area contributed by atoms with Crippen LogP contribution in [-0.2, 0) is 6.54 Å². The second-order valence-corrected chi connectivity index (χ2v) is 5.09. The molecule has 1 aliphatic rings. The summed E-state index contributed by atoms with van der Waals surface area (Å²) < 4.78 is 5.17. The van der Waals surface area contributed by atoms with Gasteiger partial charge in [0.1, 0.15) is 5.75 Å². The Balaban J connectivity index is 1.96. The number of ether oxygens (including phenoxy) is 1. The Bertz CT molecular complexity index is 425. The van der Waals surface area contributed by atoms with E-state index in [9.17, 15) is 5.11 Å². The van der Waals surface area contributed by atoms with E-state index in [0.717, 1.165) is 31.8 Å². The average Bonchev–Trinajstić information content (AvgIpc) is 2.48.